The molecule has 2 fully saturated rings. The molecule has 7 heteroatoms. The Morgan fingerprint density at radius 2 is 1.81 bits per heavy atom. The first-order valence-electron chi connectivity index (χ1n) is 6.37. The van der Waals surface area contributed by atoms with Crippen LogP contribution in [0.2, 0.25) is 0 Å². The van der Waals surface area contributed by atoms with Crippen molar-refractivity contribution in [2.75, 3.05) is 0 Å². The van der Waals surface area contributed by atoms with E-state index in [2.05, 4.69) is 4.74 Å². The molecule has 0 aromatic heterocycles. The van der Waals surface area contributed by atoms with E-state index in [1.807, 2.05) is 6.07 Å². The highest BCUT2D eigenvalue weighted by molar-refractivity contribution is 5.78. The second kappa shape index (κ2) is 4.23. The molecule has 7 nitrogen and oxygen atoms in total. The summed E-state index contributed by atoms with van der Waals surface area (Å²) in [6.07, 6.45) is -1.14. The minimum atomic E-state index is -1.32. The first-order chi connectivity index (χ1) is 10.2. The van der Waals surface area contributed by atoms with Crippen LogP contribution in [-0.2, 0) is 18.9 Å². The van der Waals surface area contributed by atoms with Crippen LogP contribution in [-0.4, -0.2) is 36.4 Å². The van der Waals surface area contributed by atoms with Gasteiger partial charge in [0.05, 0.1) is 0 Å². The van der Waals surface area contributed by atoms with E-state index in [1.165, 1.54) is 0 Å². The average Bonchev–Trinajstić information content (AvgIpc) is 2.92. The summed E-state index contributed by atoms with van der Waals surface area (Å²) in [5.41, 5.74) is 0. The lowest BCUT2D eigenvalue weighted by Crippen LogP contribution is -2.49. The third-order valence-corrected chi connectivity index (χ3v) is 3.50. The number of carbonyl (C=O) groups is 2. The Morgan fingerprint density at radius 1 is 1.05 bits per heavy atom. The number of hydrogen-bond acceptors (Lipinski definition) is 7. The summed E-state index contributed by atoms with van der Waals surface area (Å²) in [5, 5.41) is 0. The highest BCUT2D eigenvalue weighted by atomic mass is 16.9. The van der Waals surface area contributed by atoms with E-state index in [4.69, 9.17) is 18.9 Å². The number of fused-ring (bicyclic) bond motifs is 5. The van der Waals surface area contributed by atoms with Crippen molar-refractivity contribution in [3.8, 4) is 5.75 Å². The fourth-order valence-corrected chi connectivity index (χ4v) is 2.66. The highest BCUT2D eigenvalue weighted by Crippen LogP contribution is 2.44. The molecule has 3 aliphatic rings. The van der Waals surface area contributed by atoms with E-state index in [1.54, 1.807) is 36.4 Å². The number of hydrogen-bond donors (Lipinski definition) is 0. The normalized spacial score (nSPS) is 36.3. The van der Waals surface area contributed by atoms with Crippen LogP contribution in [0.25, 0.3) is 0 Å². The van der Waals surface area contributed by atoms with Gasteiger partial charge in [0.2, 0.25) is 6.10 Å². The number of para-hydroxylation sites is 1. The monoisotopic (exact) mass is 290 g/mol. The van der Waals surface area contributed by atoms with E-state index in [0.29, 0.717) is 5.75 Å². The molecule has 108 valence electrons. The van der Waals surface area contributed by atoms with E-state index in [0.717, 1.165) is 0 Å². The quantitative estimate of drug-likeness (QED) is 0.466. The van der Waals surface area contributed by atoms with Gasteiger partial charge in [0.1, 0.15) is 11.9 Å². The van der Waals surface area contributed by atoms with Gasteiger partial charge in [-0.1, -0.05) is 18.2 Å². The lowest BCUT2D eigenvalue weighted by atomic mass is 9.98. The molecule has 0 spiro atoms. The SMILES string of the molecule is O=C1OC(=O)OC2C(O1)C1C=CC2(Oc2ccccc2)O1. The molecule has 0 amide bonds. The van der Waals surface area contributed by atoms with Crippen molar-refractivity contribution in [3.63, 3.8) is 0 Å². The first-order valence-corrected chi connectivity index (χ1v) is 6.37. The minimum absolute atomic E-state index is 0.538. The average molecular weight is 290 g/mol. The van der Waals surface area contributed by atoms with Crippen LogP contribution in [0.15, 0.2) is 42.5 Å². The summed E-state index contributed by atoms with van der Waals surface area (Å²) in [6, 6.07) is 8.94. The van der Waals surface area contributed by atoms with Gasteiger partial charge >= 0.3 is 12.3 Å². The molecule has 21 heavy (non-hydrogen) atoms. The zero-order valence-electron chi connectivity index (χ0n) is 10.6. The largest absolute Gasteiger partial charge is 0.519 e. The van der Waals surface area contributed by atoms with Gasteiger partial charge in [-0.2, -0.15) is 0 Å². The molecule has 0 aliphatic carbocycles. The van der Waals surface area contributed by atoms with Gasteiger partial charge in [0.25, 0.3) is 5.79 Å². The van der Waals surface area contributed by atoms with Crippen LogP contribution in [0.5, 0.6) is 5.75 Å². The minimum Gasteiger partial charge on any atom is -0.454 e. The molecule has 1 aromatic rings. The smallest absolute Gasteiger partial charge is 0.454 e. The van der Waals surface area contributed by atoms with Gasteiger partial charge in [-0.05, 0) is 24.3 Å². The van der Waals surface area contributed by atoms with Crippen LogP contribution in [0.4, 0.5) is 9.59 Å². The van der Waals surface area contributed by atoms with Gasteiger partial charge < -0.3 is 23.7 Å². The van der Waals surface area contributed by atoms with Gasteiger partial charge in [-0.3, -0.25) is 0 Å². The number of carbonyl (C=O) groups excluding carboxylic acids is 2. The van der Waals surface area contributed by atoms with Crippen LogP contribution in [0, 0.1) is 0 Å². The Morgan fingerprint density at radius 3 is 2.62 bits per heavy atom. The Bertz CT molecular complexity index is 625. The topological polar surface area (TPSA) is 80.3 Å². The van der Waals surface area contributed by atoms with Gasteiger partial charge in [0, 0.05) is 0 Å². The van der Waals surface area contributed by atoms with E-state index >= 15 is 0 Å². The molecule has 1 aromatic carbocycles. The van der Waals surface area contributed by atoms with Crippen molar-refractivity contribution in [2.24, 2.45) is 0 Å². The zero-order chi connectivity index (χ0) is 14.4. The van der Waals surface area contributed by atoms with Crippen LogP contribution in [0.1, 0.15) is 0 Å². The maximum absolute atomic E-state index is 11.4. The van der Waals surface area contributed by atoms with Crippen LogP contribution < -0.4 is 4.74 Å². The number of cyclic esters (lactones) is 2. The van der Waals surface area contributed by atoms with Crippen molar-refractivity contribution >= 4 is 12.3 Å². The molecule has 0 saturated carbocycles. The molecular weight excluding hydrogens is 280 g/mol. The molecule has 2 bridgehead atoms. The van der Waals surface area contributed by atoms with E-state index in [9.17, 15) is 9.59 Å². The predicted molar refractivity (Wildman–Crippen MR) is 65.4 cm³/mol. The van der Waals surface area contributed by atoms with E-state index < -0.39 is 36.4 Å². The fourth-order valence-electron chi connectivity index (χ4n) is 2.66. The summed E-state index contributed by atoms with van der Waals surface area (Å²) in [6.45, 7) is 0. The zero-order valence-corrected chi connectivity index (χ0v) is 10.6. The first kappa shape index (κ1) is 12.2. The number of ether oxygens (including phenoxy) is 5. The second-order valence-electron chi connectivity index (χ2n) is 4.80. The van der Waals surface area contributed by atoms with Crippen LogP contribution >= 0.6 is 0 Å². The predicted octanol–water partition coefficient (Wildman–Crippen LogP) is 1.77. The van der Waals surface area contributed by atoms with Gasteiger partial charge in [-0.15, -0.1) is 0 Å². The van der Waals surface area contributed by atoms with Gasteiger partial charge in [-0.25, -0.2) is 9.59 Å². The van der Waals surface area contributed by atoms with Crippen molar-refractivity contribution < 1.29 is 33.3 Å². The Hall–Kier alpha value is -2.54. The molecule has 0 radical (unpaired) electrons. The van der Waals surface area contributed by atoms with Gasteiger partial charge in [0.15, 0.2) is 6.10 Å². The molecule has 3 heterocycles. The van der Waals surface area contributed by atoms with Crippen LogP contribution in [0.3, 0.4) is 0 Å². The van der Waals surface area contributed by atoms with Crippen molar-refractivity contribution in [3.05, 3.63) is 42.5 Å². The molecule has 4 unspecified atom stereocenters. The highest BCUT2D eigenvalue weighted by Gasteiger charge is 2.64. The summed E-state index contributed by atoms with van der Waals surface area (Å²) in [5.74, 6) is -0.781. The van der Waals surface area contributed by atoms with Crippen molar-refractivity contribution in [2.45, 2.75) is 24.1 Å². The number of rotatable bonds is 2. The summed E-state index contributed by atoms with van der Waals surface area (Å²) in [7, 11) is 0. The maximum Gasteiger partial charge on any atom is 0.519 e. The third-order valence-electron chi connectivity index (χ3n) is 3.50. The molecule has 3 aliphatic heterocycles. The van der Waals surface area contributed by atoms with Crippen molar-refractivity contribution in [1.82, 2.24) is 0 Å². The maximum atomic E-state index is 11.4. The Labute approximate surface area is 119 Å². The van der Waals surface area contributed by atoms with E-state index in [-0.39, 0.29) is 0 Å². The lowest BCUT2D eigenvalue weighted by Gasteiger charge is -2.30. The third kappa shape index (κ3) is 1.85. The summed E-state index contributed by atoms with van der Waals surface area (Å²) >= 11 is 0. The van der Waals surface area contributed by atoms with Crippen molar-refractivity contribution in [1.29, 1.82) is 0 Å². The Kier molecular flexibility index (Phi) is 2.46. The molecule has 0 N–H and O–H groups in total. The molecule has 2 saturated heterocycles. The lowest BCUT2D eigenvalue weighted by molar-refractivity contribution is -0.160. The standard InChI is InChI=1S/C14H10O7/c15-12-17-10-9-6-7-14(21-9,11(10)18-13(16)19-12)20-8-4-2-1-3-5-8/h1-7,9-11H. The Balaban J connectivity index is 1.67. The fraction of sp³-hybridized carbons (Fsp3) is 0.286. The summed E-state index contributed by atoms with van der Waals surface area (Å²) < 4.78 is 26.0. The second-order valence-corrected chi connectivity index (χ2v) is 4.80. The molecule has 4 atom stereocenters. The molecular formula is C14H10O7. The molecule has 4 rings (SSSR count). The number of benzene rings is 1. The summed E-state index contributed by atoms with van der Waals surface area (Å²) in [4.78, 5) is 22.7.